The number of nitro groups is 1. The molecule has 180 valence electrons. The highest BCUT2D eigenvalue weighted by Crippen LogP contribution is 2.58. The molecule has 0 bridgehead atoms. The predicted octanol–water partition coefficient (Wildman–Crippen LogP) is 3.42. The van der Waals surface area contributed by atoms with Crippen molar-refractivity contribution >= 4 is 34.8 Å². The van der Waals surface area contributed by atoms with Gasteiger partial charge >= 0.3 is 0 Å². The Labute approximate surface area is 204 Å². The van der Waals surface area contributed by atoms with E-state index in [2.05, 4.69) is 5.32 Å². The van der Waals surface area contributed by atoms with Crippen molar-refractivity contribution in [1.82, 2.24) is 4.90 Å². The molecule has 2 N–H and O–H groups in total. The number of carbonyl (C=O) groups excluding carboxylic acids is 1. The third-order valence-electron chi connectivity index (χ3n) is 7.25. The summed E-state index contributed by atoms with van der Waals surface area (Å²) < 4.78 is 20.9. The minimum atomic E-state index is -1.65. The highest BCUT2D eigenvalue weighted by Gasteiger charge is 2.71. The van der Waals surface area contributed by atoms with Gasteiger partial charge in [0.1, 0.15) is 17.4 Å². The van der Waals surface area contributed by atoms with E-state index in [-0.39, 0.29) is 23.0 Å². The molecule has 34 heavy (non-hydrogen) atoms. The first-order chi connectivity index (χ1) is 16.3. The molecule has 1 spiro atoms. The van der Waals surface area contributed by atoms with Gasteiger partial charge in [0.25, 0.3) is 5.91 Å². The number of likely N-dealkylation sites (tertiary alicyclic amines) is 1. The normalized spacial score (nSPS) is 30.6. The van der Waals surface area contributed by atoms with E-state index in [0.29, 0.717) is 35.9 Å². The fourth-order valence-electron chi connectivity index (χ4n) is 5.90. The molecule has 1 unspecified atom stereocenters. The zero-order chi connectivity index (χ0) is 24.2. The van der Waals surface area contributed by atoms with E-state index >= 15 is 4.39 Å². The van der Waals surface area contributed by atoms with Gasteiger partial charge in [-0.3, -0.25) is 19.8 Å². The quantitative estimate of drug-likeness (QED) is 0.472. The second-order valence-corrected chi connectivity index (χ2v) is 9.78. The number of ether oxygens (including phenoxy) is 1. The SMILES string of the molecule is O=C1Nc2cc(Cl)ccc2[C@@]12[C@@H](c1cccc(Cl)c1F)[C@H]([N+](=O)[O-])[C@H](CO)N2CC1CCOC1. The van der Waals surface area contributed by atoms with Crippen LogP contribution in [0, 0.1) is 21.8 Å². The number of carbonyl (C=O) groups is 1. The van der Waals surface area contributed by atoms with Crippen LogP contribution in [-0.4, -0.2) is 59.3 Å². The third kappa shape index (κ3) is 3.33. The first kappa shape index (κ1) is 23.4. The molecule has 2 saturated heterocycles. The molecule has 0 aromatic heterocycles. The molecule has 5 rings (SSSR count). The Kier molecular flexibility index (Phi) is 6.02. The van der Waals surface area contributed by atoms with Crippen molar-refractivity contribution in [3.8, 4) is 0 Å². The number of benzene rings is 2. The summed E-state index contributed by atoms with van der Waals surface area (Å²) in [6.07, 6.45) is 0.707. The maximum absolute atomic E-state index is 15.4. The summed E-state index contributed by atoms with van der Waals surface area (Å²) in [7, 11) is 0. The molecule has 3 aliphatic heterocycles. The first-order valence-electron chi connectivity index (χ1n) is 10.9. The Morgan fingerprint density at radius 1 is 1.32 bits per heavy atom. The average Bonchev–Trinajstić information content (AvgIpc) is 3.48. The summed E-state index contributed by atoms with van der Waals surface area (Å²) >= 11 is 12.2. The van der Waals surface area contributed by atoms with Gasteiger partial charge < -0.3 is 15.2 Å². The number of halogens is 3. The van der Waals surface area contributed by atoms with Crippen LogP contribution in [-0.2, 0) is 15.1 Å². The molecule has 11 heteroatoms. The van der Waals surface area contributed by atoms with Gasteiger partial charge in [-0.25, -0.2) is 4.39 Å². The molecular formula is C23H22Cl2FN3O5. The Balaban J connectivity index is 1.81. The Morgan fingerprint density at radius 2 is 2.12 bits per heavy atom. The summed E-state index contributed by atoms with van der Waals surface area (Å²) in [5, 5.41) is 25.9. The molecule has 3 heterocycles. The van der Waals surface area contributed by atoms with Crippen LogP contribution in [0.25, 0.3) is 0 Å². The smallest absolute Gasteiger partial charge is 0.250 e. The van der Waals surface area contributed by atoms with Gasteiger partial charge in [-0.05, 0) is 30.5 Å². The van der Waals surface area contributed by atoms with Gasteiger partial charge in [-0.2, -0.15) is 0 Å². The van der Waals surface area contributed by atoms with Crippen molar-refractivity contribution in [3.63, 3.8) is 0 Å². The molecule has 2 aromatic carbocycles. The summed E-state index contributed by atoms with van der Waals surface area (Å²) in [4.78, 5) is 27.5. The van der Waals surface area contributed by atoms with Crippen molar-refractivity contribution in [3.05, 3.63) is 73.5 Å². The van der Waals surface area contributed by atoms with Crippen LogP contribution in [0.4, 0.5) is 10.1 Å². The fraction of sp³-hybridized carbons (Fsp3) is 0.435. The Bertz CT molecular complexity index is 1160. The van der Waals surface area contributed by atoms with E-state index < -0.39 is 46.8 Å². The lowest BCUT2D eigenvalue weighted by atomic mass is 9.73. The van der Waals surface area contributed by atoms with Gasteiger partial charge in [0.2, 0.25) is 6.04 Å². The molecule has 0 radical (unpaired) electrons. The van der Waals surface area contributed by atoms with E-state index in [9.17, 15) is 20.0 Å². The van der Waals surface area contributed by atoms with Crippen molar-refractivity contribution in [2.45, 2.75) is 30.0 Å². The summed E-state index contributed by atoms with van der Waals surface area (Å²) in [6.45, 7) is 0.636. The minimum Gasteiger partial charge on any atom is -0.394 e. The van der Waals surface area contributed by atoms with Crippen LogP contribution >= 0.6 is 23.2 Å². The molecular weight excluding hydrogens is 488 g/mol. The maximum atomic E-state index is 15.4. The molecule has 2 fully saturated rings. The second kappa shape index (κ2) is 8.73. The van der Waals surface area contributed by atoms with Crippen LogP contribution in [0.2, 0.25) is 10.0 Å². The Morgan fingerprint density at radius 3 is 2.79 bits per heavy atom. The van der Waals surface area contributed by atoms with Gasteiger partial charge in [0.15, 0.2) is 0 Å². The van der Waals surface area contributed by atoms with E-state index in [1.807, 2.05) is 0 Å². The second-order valence-electron chi connectivity index (χ2n) is 8.94. The largest absolute Gasteiger partial charge is 0.394 e. The van der Waals surface area contributed by atoms with Crippen LogP contribution in [0.3, 0.4) is 0 Å². The maximum Gasteiger partial charge on any atom is 0.250 e. The Hall–Kier alpha value is -2.30. The van der Waals surface area contributed by atoms with E-state index in [0.717, 1.165) is 0 Å². The zero-order valence-corrected chi connectivity index (χ0v) is 19.4. The number of fused-ring (bicyclic) bond motifs is 2. The van der Waals surface area contributed by atoms with Crippen LogP contribution in [0.15, 0.2) is 36.4 Å². The van der Waals surface area contributed by atoms with E-state index in [1.54, 1.807) is 23.1 Å². The molecule has 0 aliphatic carbocycles. The lowest BCUT2D eigenvalue weighted by molar-refractivity contribution is -0.528. The number of aliphatic hydroxyl groups excluding tert-OH is 1. The van der Waals surface area contributed by atoms with Gasteiger partial charge in [-0.1, -0.05) is 41.4 Å². The standard InChI is InChI=1S/C23H22Cl2FN3O5/c24-13-4-5-15-17(8-13)27-22(31)23(15)19(14-2-1-3-16(25)20(14)26)21(29(32)33)18(10-30)28(23)9-12-6-7-34-11-12/h1-5,8,12,18-19,21,30H,6-7,9-11H2,(H,27,31)/t12?,18-,19-,21+,23+/m0/s1. The van der Waals surface area contributed by atoms with Crippen molar-refractivity contribution < 1.29 is 24.0 Å². The van der Waals surface area contributed by atoms with Crippen molar-refractivity contribution in [2.24, 2.45) is 5.92 Å². The average molecular weight is 510 g/mol. The lowest BCUT2D eigenvalue weighted by Gasteiger charge is -2.39. The molecule has 1 amide bonds. The number of aliphatic hydroxyl groups is 1. The molecule has 8 nitrogen and oxygen atoms in total. The summed E-state index contributed by atoms with van der Waals surface area (Å²) in [5.41, 5.74) is -0.846. The van der Waals surface area contributed by atoms with E-state index in [1.165, 1.54) is 18.2 Å². The lowest BCUT2D eigenvalue weighted by Crippen LogP contribution is -2.54. The van der Waals surface area contributed by atoms with Crippen molar-refractivity contribution in [2.75, 3.05) is 31.7 Å². The van der Waals surface area contributed by atoms with Crippen molar-refractivity contribution in [1.29, 1.82) is 0 Å². The third-order valence-corrected chi connectivity index (χ3v) is 7.78. The van der Waals surface area contributed by atoms with Crippen LogP contribution in [0.5, 0.6) is 0 Å². The number of nitrogens with one attached hydrogen (secondary N) is 1. The summed E-state index contributed by atoms with van der Waals surface area (Å²) in [6, 6.07) is 6.55. The topological polar surface area (TPSA) is 105 Å². The molecule has 0 saturated carbocycles. The van der Waals surface area contributed by atoms with Crippen LogP contribution in [0.1, 0.15) is 23.5 Å². The highest BCUT2D eigenvalue weighted by molar-refractivity contribution is 6.31. The van der Waals surface area contributed by atoms with Crippen LogP contribution < -0.4 is 5.32 Å². The monoisotopic (exact) mass is 509 g/mol. The van der Waals surface area contributed by atoms with Gasteiger partial charge in [-0.15, -0.1) is 0 Å². The molecule has 3 aliphatic rings. The number of hydrogen-bond donors (Lipinski definition) is 2. The minimum absolute atomic E-state index is 0.00885. The first-order valence-corrected chi connectivity index (χ1v) is 11.7. The summed E-state index contributed by atoms with van der Waals surface area (Å²) in [5.74, 6) is -2.62. The predicted molar refractivity (Wildman–Crippen MR) is 123 cm³/mol. The van der Waals surface area contributed by atoms with Gasteiger partial charge in [0.05, 0.1) is 24.2 Å². The molecule has 2 aromatic rings. The number of amides is 1. The number of nitrogens with zero attached hydrogens (tertiary/aromatic N) is 2. The van der Waals surface area contributed by atoms with Gasteiger partial charge in [0, 0.05) is 39.9 Å². The van der Waals surface area contributed by atoms with E-state index in [4.69, 9.17) is 27.9 Å². The number of rotatable bonds is 5. The highest BCUT2D eigenvalue weighted by atomic mass is 35.5. The fourth-order valence-corrected chi connectivity index (χ4v) is 6.26. The number of anilines is 1. The molecule has 5 atom stereocenters. The zero-order valence-electron chi connectivity index (χ0n) is 17.9. The number of hydrogen-bond acceptors (Lipinski definition) is 6.